The van der Waals surface area contributed by atoms with E-state index in [9.17, 15) is 5.11 Å². The van der Waals surface area contributed by atoms with Crippen LogP contribution in [0.4, 0.5) is 0 Å². The van der Waals surface area contributed by atoms with E-state index in [2.05, 4.69) is 49.9 Å². The van der Waals surface area contributed by atoms with Crippen LogP contribution in [-0.4, -0.2) is 54.7 Å². The molecule has 0 aliphatic carbocycles. The topological polar surface area (TPSA) is 26.7 Å². The summed E-state index contributed by atoms with van der Waals surface area (Å²) in [5.74, 6) is 0.763. The summed E-state index contributed by atoms with van der Waals surface area (Å²) < 4.78 is 0. The number of rotatable bonds is 5. The molecule has 0 saturated carbocycles. The van der Waals surface area contributed by atoms with E-state index in [0.717, 1.165) is 18.0 Å². The molecular weight excluding hydrogens is 260 g/mol. The largest absolute Gasteiger partial charge is 0.387 e. The van der Waals surface area contributed by atoms with Gasteiger partial charge in [0.1, 0.15) is 0 Å². The lowest BCUT2D eigenvalue weighted by atomic mass is 9.95. The lowest BCUT2D eigenvalue weighted by Gasteiger charge is -2.35. The Morgan fingerprint density at radius 1 is 1.24 bits per heavy atom. The predicted octanol–water partition coefficient (Wildman–Crippen LogP) is 2.69. The van der Waals surface area contributed by atoms with E-state index in [-0.39, 0.29) is 6.04 Å². The van der Waals surface area contributed by atoms with Crippen molar-refractivity contribution in [2.45, 2.75) is 38.8 Å². The van der Waals surface area contributed by atoms with Crippen molar-refractivity contribution in [1.82, 2.24) is 9.80 Å². The maximum absolute atomic E-state index is 10.6. The van der Waals surface area contributed by atoms with Crippen molar-refractivity contribution < 1.29 is 5.11 Å². The average Bonchev–Trinajstić information content (AvgIpc) is 2.49. The molecule has 2 rings (SSSR count). The van der Waals surface area contributed by atoms with Gasteiger partial charge in [-0.25, -0.2) is 0 Å². The molecule has 2 atom stereocenters. The second-order valence-electron chi connectivity index (χ2n) is 6.78. The third-order valence-corrected chi connectivity index (χ3v) is 4.96. The van der Waals surface area contributed by atoms with Gasteiger partial charge in [0.15, 0.2) is 0 Å². The molecule has 1 aromatic rings. The predicted molar refractivity (Wildman–Crippen MR) is 88.5 cm³/mol. The van der Waals surface area contributed by atoms with Gasteiger partial charge in [-0.05, 0) is 65.4 Å². The molecule has 1 aliphatic rings. The van der Waals surface area contributed by atoms with Gasteiger partial charge < -0.3 is 14.9 Å². The van der Waals surface area contributed by atoms with Gasteiger partial charge in [0.05, 0.1) is 6.10 Å². The minimum absolute atomic E-state index is 0.146. The van der Waals surface area contributed by atoms with Crippen LogP contribution in [0.3, 0.4) is 0 Å². The number of aryl methyl sites for hydroxylation is 1. The number of aliphatic hydroxyl groups excluding tert-OH is 1. The third kappa shape index (κ3) is 4.53. The summed E-state index contributed by atoms with van der Waals surface area (Å²) in [6.45, 7) is 7.68. The zero-order valence-electron chi connectivity index (χ0n) is 13.9. The summed E-state index contributed by atoms with van der Waals surface area (Å²) in [5.41, 5.74) is 2.25. The fraction of sp³-hybridized carbons (Fsp3) is 0.667. The molecule has 2 unspecified atom stereocenters. The van der Waals surface area contributed by atoms with Crippen molar-refractivity contribution in [3.05, 3.63) is 35.4 Å². The Balaban J connectivity index is 1.89. The Hall–Kier alpha value is -0.900. The van der Waals surface area contributed by atoms with Crippen LogP contribution < -0.4 is 0 Å². The molecule has 0 spiro atoms. The van der Waals surface area contributed by atoms with Crippen molar-refractivity contribution in [2.75, 3.05) is 33.7 Å². The van der Waals surface area contributed by atoms with Gasteiger partial charge in [0.2, 0.25) is 0 Å². The van der Waals surface area contributed by atoms with Crippen LogP contribution in [0.25, 0.3) is 0 Å². The first kappa shape index (κ1) is 16.5. The van der Waals surface area contributed by atoms with Crippen molar-refractivity contribution in [3.8, 4) is 0 Å². The lowest BCUT2D eigenvalue weighted by Crippen LogP contribution is -2.41. The first-order valence-electron chi connectivity index (χ1n) is 8.10. The highest BCUT2D eigenvalue weighted by Crippen LogP contribution is 2.23. The van der Waals surface area contributed by atoms with Crippen molar-refractivity contribution in [1.29, 1.82) is 0 Å². The number of nitrogens with zero attached hydrogens (tertiary/aromatic N) is 2. The second kappa shape index (κ2) is 7.39. The van der Waals surface area contributed by atoms with Crippen LogP contribution in [-0.2, 0) is 0 Å². The SMILES string of the molecule is Cc1ccc(C(O)C(C)N(C)CC2CCN(C)CC2)cc1. The summed E-state index contributed by atoms with van der Waals surface area (Å²) in [6.07, 6.45) is 2.13. The lowest BCUT2D eigenvalue weighted by molar-refractivity contribution is 0.0566. The molecule has 3 nitrogen and oxygen atoms in total. The Morgan fingerprint density at radius 2 is 1.81 bits per heavy atom. The number of likely N-dealkylation sites (N-methyl/N-ethyl adjacent to an activating group) is 1. The maximum atomic E-state index is 10.6. The first-order valence-corrected chi connectivity index (χ1v) is 8.10. The summed E-state index contributed by atoms with van der Waals surface area (Å²) >= 11 is 0. The number of aliphatic hydroxyl groups is 1. The van der Waals surface area contributed by atoms with E-state index in [4.69, 9.17) is 0 Å². The molecule has 1 aromatic carbocycles. The molecule has 0 bridgehead atoms. The van der Waals surface area contributed by atoms with Crippen molar-refractivity contribution in [3.63, 3.8) is 0 Å². The molecule has 0 radical (unpaired) electrons. The van der Waals surface area contributed by atoms with Gasteiger partial charge in [-0.15, -0.1) is 0 Å². The van der Waals surface area contributed by atoms with Gasteiger partial charge >= 0.3 is 0 Å². The summed E-state index contributed by atoms with van der Waals surface area (Å²) in [7, 11) is 4.34. The van der Waals surface area contributed by atoms with Crippen molar-refractivity contribution in [2.24, 2.45) is 5.92 Å². The van der Waals surface area contributed by atoms with E-state index in [1.165, 1.54) is 31.5 Å². The highest BCUT2D eigenvalue weighted by Gasteiger charge is 2.24. The number of hydrogen-bond acceptors (Lipinski definition) is 3. The molecule has 0 amide bonds. The smallest absolute Gasteiger partial charge is 0.0942 e. The average molecular weight is 290 g/mol. The zero-order valence-corrected chi connectivity index (χ0v) is 13.9. The fourth-order valence-corrected chi connectivity index (χ4v) is 3.10. The van der Waals surface area contributed by atoms with Crippen LogP contribution in [0.15, 0.2) is 24.3 Å². The molecule has 1 N–H and O–H groups in total. The molecule has 1 aliphatic heterocycles. The second-order valence-corrected chi connectivity index (χ2v) is 6.78. The fourth-order valence-electron chi connectivity index (χ4n) is 3.10. The Kier molecular flexibility index (Phi) is 5.80. The molecule has 3 heteroatoms. The number of likely N-dealkylation sites (tertiary alicyclic amines) is 1. The first-order chi connectivity index (χ1) is 9.97. The monoisotopic (exact) mass is 290 g/mol. The van der Waals surface area contributed by atoms with Crippen LogP contribution in [0.2, 0.25) is 0 Å². The molecule has 1 heterocycles. The number of hydrogen-bond donors (Lipinski definition) is 1. The summed E-state index contributed by atoms with van der Waals surface area (Å²) in [4.78, 5) is 4.72. The summed E-state index contributed by atoms with van der Waals surface area (Å²) in [6, 6.07) is 8.37. The van der Waals surface area contributed by atoms with Gasteiger partial charge in [0, 0.05) is 12.6 Å². The molecule has 1 saturated heterocycles. The van der Waals surface area contributed by atoms with E-state index in [1.54, 1.807) is 0 Å². The van der Waals surface area contributed by atoms with E-state index < -0.39 is 6.10 Å². The van der Waals surface area contributed by atoms with Crippen LogP contribution in [0.5, 0.6) is 0 Å². The van der Waals surface area contributed by atoms with E-state index in [0.29, 0.717) is 0 Å². The standard InChI is InChI=1S/C18H30N2O/c1-14-5-7-17(8-6-14)18(21)15(2)20(4)13-16-9-11-19(3)12-10-16/h5-8,15-16,18,21H,9-13H2,1-4H3. The molecule has 21 heavy (non-hydrogen) atoms. The van der Waals surface area contributed by atoms with Crippen LogP contribution >= 0.6 is 0 Å². The minimum atomic E-state index is -0.415. The van der Waals surface area contributed by atoms with Crippen molar-refractivity contribution >= 4 is 0 Å². The third-order valence-electron chi connectivity index (χ3n) is 4.96. The van der Waals surface area contributed by atoms with Crippen LogP contribution in [0.1, 0.15) is 37.0 Å². The highest BCUT2D eigenvalue weighted by molar-refractivity contribution is 5.23. The normalized spacial score (nSPS) is 20.7. The minimum Gasteiger partial charge on any atom is -0.387 e. The van der Waals surface area contributed by atoms with Gasteiger partial charge in [-0.3, -0.25) is 0 Å². The Morgan fingerprint density at radius 3 is 2.38 bits per heavy atom. The van der Waals surface area contributed by atoms with Crippen LogP contribution in [0, 0.1) is 12.8 Å². The maximum Gasteiger partial charge on any atom is 0.0942 e. The van der Waals surface area contributed by atoms with Gasteiger partial charge in [-0.2, -0.15) is 0 Å². The quantitative estimate of drug-likeness (QED) is 0.903. The molecule has 1 fully saturated rings. The highest BCUT2D eigenvalue weighted by atomic mass is 16.3. The molecular formula is C18H30N2O. The Bertz CT molecular complexity index is 423. The number of benzene rings is 1. The Labute approximate surface area is 129 Å². The van der Waals surface area contributed by atoms with E-state index in [1.807, 2.05) is 12.1 Å². The van der Waals surface area contributed by atoms with Gasteiger partial charge in [-0.1, -0.05) is 29.8 Å². The van der Waals surface area contributed by atoms with Gasteiger partial charge in [0.25, 0.3) is 0 Å². The number of piperidine rings is 1. The summed E-state index contributed by atoms with van der Waals surface area (Å²) in [5, 5.41) is 10.6. The van der Waals surface area contributed by atoms with E-state index >= 15 is 0 Å². The molecule has 118 valence electrons. The molecule has 0 aromatic heterocycles. The zero-order chi connectivity index (χ0) is 15.4.